The van der Waals surface area contributed by atoms with E-state index in [1.54, 1.807) is 30.3 Å². The molecule has 0 radical (unpaired) electrons. The first kappa shape index (κ1) is 27.2. The molecule has 9 heteroatoms. The van der Waals surface area contributed by atoms with E-state index in [2.05, 4.69) is 10.3 Å². The smallest absolute Gasteiger partial charge is 0.381 e. The van der Waals surface area contributed by atoms with Crippen molar-refractivity contribution in [2.75, 3.05) is 5.32 Å². The summed E-state index contributed by atoms with van der Waals surface area (Å²) in [6.45, 7) is -0.317. The molecule has 0 aliphatic heterocycles. The lowest BCUT2D eigenvalue weighted by molar-refractivity contribution is -0.138. The molecular formula is C31H21F7N2. The third-order valence-corrected chi connectivity index (χ3v) is 6.53. The van der Waals surface area contributed by atoms with Gasteiger partial charge in [-0.15, -0.1) is 0 Å². The number of rotatable bonds is 6. The number of nitrogens with one attached hydrogen (secondary N) is 1. The van der Waals surface area contributed by atoms with Crippen molar-refractivity contribution >= 4 is 16.6 Å². The first-order valence-corrected chi connectivity index (χ1v) is 12.2. The molecule has 0 aliphatic carbocycles. The van der Waals surface area contributed by atoms with Crippen molar-refractivity contribution in [1.29, 1.82) is 0 Å². The Kier molecular flexibility index (Phi) is 7.23. The molecule has 5 aromatic rings. The highest BCUT2D eigenvalue weighted by Gasteiger charge is 2.34. The van der Waals surface area contributed by atoms with E-state index in [-0.39, 0.29) is 17.6 Å². The molecule has 5 rings (SSSR count). The monoisotopic (exact) mass is 554 g/mol. The lowest BCUT2D eigenvalue weighted by Gasteiger charge is -2.18. The topological polar surface area (TPSA) is 24.9 Å². The highest BCUT2D eigenvalue weighted by Crippen LogP contribution is 2.40. The van der Waals surface area contributed by atoms with Crippen LogP contribution >= 0.6 is 0 Å². The van der Waals surface area contributed by atoms with Crippen molar-refractivity contribution in [2.24, 2.45) is 0 Å². The molecule has 0 spiro atoms. The van der Waals surface area contributed by atoms with Gasteiger partial charge >= 0.3 is 12.4 Å². The quantitative estimate of drug-likeness (QED) is 0.212. The van der Waals surface area contributed by atoms with Crippen LogP contribution < -0.4 is 5.32 Å². The average Bonchev–Trinajstić information content (AvgIpc) is 2.91. The first-order valence-electron chi connectivity index (χ1n) is 12.2. The number of hydrogen-bond donors (Lipinski definition) is 1. The Balaban J connectivity index is 1.59. The Morgan fingerprint density at radius 3 is 2.12 bits per heavy atom. The molecule has 1 N–H and O–H groups in total. The molecule has 0 saturated heterocycles. The minimum Gasteiger partial charge on any atom is -0.381 e. The first-order chi connectivity index (χ1) is 19.0. The number of para-hydroxylation sites is 1. The summed E-state index contributed by atoms with van der Waals surface area (Å²) in [5, 5.41) is 3.20. The van der Waals surface area contributed by atoms with Crippen molar-refractivity contribution in [2.45, 2.75) is 25.3 Å². The number of nitrogens with zero attached hydrogens (tertiary/aromatic N) is 1. The fourth-order valence-electron chi connectivity index (χ4n) is 4.75. The van der Waals surface area contributed by atoms with E-state index in [1.165, 1.54) is 12.3 Å². The normalized spacial score (nSPS) is 12.1. The lowest BCUT2D eigenvalue weighted by atomic mass is 9.91. The maximum Gasteiger partial charge on any atom is 0.418 e. The number of hydrogen-bond acceptors (Lipinski definition) is 2. The predicted octanol–water partition coefficient (Wildman–Crippen LogP) is 9.28. The second-order valence-corrected chi connectivity index (χ2v) is 9.25. The van der Waals surface area contributed by atoms with Gasteiger partial charge in [0.2, 0.25) is 0 Å². The number of alkyl halides is 6. The fraction of sp³-hybridized carbons (Fsp3) is 0.129. The number of pyridine rings is 1. The standard InChI is InChI=1S/C31H21F7N2/c32-23-12-13-26(30(33,34)35)21(15-23)17-39-24-9-4-8-20(16-24)28-22(14-19-6-2-1-3-7-19)18-40-29-25(28)10-5-11-27(29)31(36,37)38/h1-13,15-16,18,39H,14,17H2. The molecule has 0 aliphatic rings. The molecule has 1 heterocycles. The van der Waals surface area contributed by atoms with Crippen molar-refractivity contribution < 1.29 is 30.7 Å². The molecule has 0 saturated carbocycles. The zero-order chi connectivity index (χ0) is 28.5. The van der Waals surface area contributed by atoms with E-state index in [1.807, 2.05) is 30.3 Å². The number of benzene rings is 4. The van der Waals surface area contributed by atoms with E-state index >= 15 is 0 Å². The van der Waals surface area contributed by atoms with Crippen molar-refractivity contribution in [3.8, 4) is 11.1 Å². The molecule has 1 aromatic heterocycles. The van der Waals surface area contributed by atoms with Crippen LogP contribution in [0.2, 0.25) is 0 Å². The van der Waals surface area contributed by atoms with Crippen LogP contribution in [0, 0.1) is 5.82 Å². The van der Waals surface area contributed by atoms with Crippen LogP contribution in [0.5, 0.6) is 0 Å². The van der Waals surface area contributed by atoms with Crippen LogP contribution in [-0.2, 0) is 25.3 Å². The van der Waals surface area contributed by atoms with E-state index in [0.29, 0.717) is 40.3 Å². The van der Waals surface area contributed by atoms with Gasteiger partial charge in [-0.3, -0.25) is 4.98 Å². The van der Waals surface area contributed by atoms with Gasteiger partial charge in [0.1, 0.15) is 5.82 Å². The number of fused-ring (bicyclic) bond motifs is 1. The van der Waals surface area contributed by atoms with Crippen LogP contribution in [-0.4, -0.2) is 4.98 Å². The molecule has 40 heavy (non-hydrogen) atoms. The second kappa shape index (κ2) is 10.6. The summed E-state index contributed by atoms with van der Waals surface area (Å²) in [6, 6.07) is 22.2. The van der Waals surface area contributed by atoms with E-state index in [0.717, 1.165) is 23.8 Å². The minimum atomic E-state index is -4.66. The van der Waals surface area contributed by atoms with Gasteiger partial charge in [0.05, 0.1) is 16.6 Å². The Bertz CT molecular complexity index is 1660. The molecule has 0 unspecified atom stereocenters. The summed E-state index contributed by atoms with van der Waals surface area (Å²) < 4.78 is 95.5. The SMILES string of the molecule is Fc1ccc(C(F)(F)F)c(CNc2cccc(-c3c(Cc4ccccc4)cnc4c(C(F)(F)F)cccc34)c2)c1. The van der Waals surface area contributed by atoms with Gasteiger partial charge < -0.3 is 5.32 Å². The van der Waals surface area contributed by atoms with Gasteiger partial charge in [0.25, 0.3) is 0 Å². The maximum atomic E-state index is 13.8. The molecule has 2 nitrogen and oxygen atoms in total. The third kappa shape index (κ3) is 5.78. The molecule has 0 bridgehead atoms. The molecule has 0 fully saturated rings. The zero-order valence-electron chi connectivity index (χ0n) is 20.7. The molecule has 4 aromatic carbocycles. The maximum absolute atomic E-state index is 13.8. The van der Waals surface area contributed by atoms with Crippen LogP contribution in [0.1, 0.15) is 27.8 Å². The number of anilines is 1. The van der Waals surface area contributed by atoms with Gasteiger partial charge in [-0.2, -0.15) is 26.3 Å². The predicted molar refractivity (Wildman–Crippen MR) is 140 cm³/mol. The van der Waals surface area contributed by atoms with Crippen LogP contribution in [0.15, 0.2) is 97.2 Å². The lowest BCUT2D eigenvalue weighted by Crippen LogP contribution is -2.12. The highest BCUT2D eigenvalue weighted by atomic mass is 19.4. The Morgan fingerprint density at radius 1 is 0.675 bits per heavy atom. The summed E-state index contributed by atoms with van der Waals surface area (Å²) >= 11 is 0. The van der Waals surface area contributed by atoms with E-state index in [4.69, 9.17) is 0 Å². The zero-order valence-corrected chi connectivity index (χ0v) is 20.7. The molecular weight excluding hydrogens is 533 g/mol. The summed E-state index contributed by atoms with van der Waals surface area (Å²) in [6.07, 6.45) is -7.45. The number of halogens is 7. The van der Waals surface area contributed by atoms with Crippen LogP contribution in [0.25, 0.3) is 22.0 Å². The van der Waals surface area contributed by atoms with Crippen molar-refractivity contribution in [3.63, 3.8) is 0 Å². The van der Waals surface area contributed by atoms with Crippen molar-refractivity contribution in [3.05, 3.63) is 131 Å². The Hall–Kier alpha value is -4.40. The van der Waals surface area contributed by atoms with Crippen LogP contribution in [0.3, 0.4) is 0 Å². The Morgan fingerprint density at radius 2 is 1.40 bits per heavy atom. The van der Waals surface area contributed by atoms with Gasteiger partial charge in [0.15, 0.2) is 0 Å². The summed E-state index contributed by atoms with van der Waals surface area (Å²) in [5.41, 5.74) is 0.819. The largest absolute Gasteiger partial charge is 0.418 e. The van der Waals surface area contributed by atoms with Crippen molar-refractivity contribution in [1.82, 2.24) is 4.98 Å². The van der Waals surface area contributed by atoms with Gasteiger partial charge in [-0.1, -0.05) is 54.6 Å². The summed E-state index contributed by atoms with van der Waals surface area (Å²) in [5.74, 6) is -0.798. The second-order valence-electron chi connectivity index (χ2n) is 9.25. The van der Waals surface area contributed by atoms with E-state index in [9.17, 15) is 30.7 Å². The Labute approximate surface area is 225 Å². The van der Waals surface area contributed by atoms with Gasteiger partial charge in [-0.05, 0) is 70.6 Å². The third-order valence-electron chi connectivity index (χ3n) is 6.53. The highest BCUT2D eigenvalue weighted by molar-refractivity contribution is 5.98. The summed E-state index contributed by atoms with van der Waals surface area (Å²) in [7, 11) is 0. The fourth-order valence-corrected chi connectivity index (χ4v) is 4.75. The average molecular weight is 555 g/mol. The minimum absolute atomic E-state index is 0.199. The molecule has 0 atom stereocenters. The van der Waals surface area contributed by atoms with E-state index < -0.39 is 29.3 Å². The summed E-state index contributed by atoms with van der Waals surface area (Å²) in [4.78, 5) is 4.19. The van der Waals surface area contributed by atoms with Crippen LogP contribution in [0.4, 0.5) is 36.4 Å². The van der Waals surface area contributed by atoms with Gasteiger partial charge in [-0.25, -0.2) is 4.39 Å². The molecule has 204 valence electrons. The van der Waals surface area contributed by atoms with Gasteiger partial charge in [0, 0.05) is 23.8 Å². The molecule has 0 amide bonds. The number of aromatic nitrogens is 1.